The van der Waals surface area contributed by atoms with E-state index in [1.54, 1.807) is 90.3 Å². The van der Waals surface area contributed by atoms with Gasteiger partial charge in [-0.15, -0.1) is 23.1 Å². The number of benzene rings is 4. The van der Waals surface area contributed by atoms with Crippen molar-refractivity contribution in [3.8, 4) is 22.8 Å². The fourth-order valence-electron chi connectivity index (χ4n) is 4.37. The van der Waals surface area contributed by atoms with Crippen LogP contribution < -0.4 is 25.4 Å². The molecule has 48 heavy (non-hydrogen) atoms. The molecule has 0 spiro atoms. The molecule has 5 rings (SSSR count). The van der Waals surface area contributed by atoms with Gasteiger partial charge in [0.15, 0.2) is 5.13 Å². The Hall–Kier alpha value is -4.81. The van der Waals surface area contributed by atoms with Crippen LogP contribution in [0.1, 0.15) is 15.9 Å². The summed E-state index contributed by atoms with van der Waals surface area (Å²) >= 11 is 14.9. The van der Waals surface area contributed by atoms with E-state index in [1.807, 2.05) is 6.07 Å². The van der Waals surface area contributed by atoms with Crippen molar-refractivity contribution in [3.63, 3.8) is 0 Å². The van der Waals surface area contributed by atoms with E-state index in [2.05, 4.69) is 20.9 Å². The van der Waals surface area contributed by atoms with Crippen LogP contribution >= 0.6 is 46.3 Å². The number of aromatic nitrogens is 1. The molecule has 1 heterocycles. The summed E-state index contributed by atoms with van der Waals surface area (Å²) in [5, 5.41) is 11.6. The molecule has 0 saturated carbocycles. The van der Waals surface area contributed by atoms with Crippen molar-refractivity contribution in [1.29, 1.82) is 0 Å². The maximum absolute atomic E-state index is 13.6. The number of rotatable bonds is 12. The highest BCUT2D eigenvalue weighted by Gasteiger charge is 2.17. The Labute approximate surface area is 295 Å². The van der Waals surface area contributed by atoms with E-state index in [4.69, 9.17) is 32.7 Å². The Bertz CT molecular complexity index is 1990. The van der Waals surface area contributed by atoms with E-state index in [1.165, 1.54) is 43.4 Å². The molecule has 3 N–H and O–H groups in total. The second kappa shape index (κ2) is 16.3. The van der Waals surface area contributed by atoms with Gasteiger partial charge in [0.25, 0.3) is 11.8 Å². The molecule has 0 saturated heterocycles. The molecular weight excluding hydrogens is 691 g/mol. The van der Waals surface area contributed by atoms with E-state index in [0.717, 1.165) is 4.90 Å². The molecule has 1 aromatic heterocycles. The number of thiazole rings is 1. The zero-order chi connectivity index (χ0) is 34.0. The maximum Gasteiger partial charge on any atom is 0.272 e. The summed E-state index contributed by atoms with van der Waals surface area (Å²) in [5.74, 6) is -0.149. The number of hydrogen-bond acceptors (Lipinski definition) is 8. The summed E-state index contributed by atoms with van der Waals surface area (Å²) in [6, 6.07) is 25.9. The number of halogens is 2. The predicted molar refractivity (Wildman–Crippen MR) is 193 cm³/mol. The molecule has 0 fully saturated rings. The van der Waals surface area contributed by atoms with Gasteiger partial charge in [0.05, 0.1) is 30.7 Å². The predicted octanol–water partition coefficient (Wildman–Crippen LogP) is 8.27. The quantitative estimate of drug-likeness (QED) is 0.0878. The molecule has 5 aromatic rings. The Kier molecular flexibility index (Phi) is 11.8. The Morgan fingerprint density at radius 2 is 1.71 bits per heavy atom. The van der Waals surface area contributed by atoms with Crippen LogP contribution in [0.5, 0.6) is 11.5 Å². The summed E-state index contributed by atoms with van der Waals surface area (Å²) < 4.78 is 10.8. The molecule has 244 valence electrons. The van der Waals surface area contributed by atoms with Crippen LogP contribution in [0.4, 0.5) is 10.8 Å². The van der Waals surface area contributed by atoms with Crippen LogP contribution in [-0.2, 0) is 9.59 Å². The van der Waals surface area contributed by atoms with Gasteiger partial charge in [0.2, 0.25) is 5.91 Å². The normalized spacial score (nSPS) is 11.0. The molecule has 4 aromatic carbocycles. The highest BCUT2D eigenvalue weighted by molar-refractivity contribution is 8.00. The third-order valence-corrected chi connectivity index (χ3v) is 8.98. The van der Waals surface area contributed by atoms with E-state index in [0.29, 0.717) is 54.7 Å². The van der Waals surface area contributed by atoms with Crippen LogP contribution in [0, 0.1) is 0 Å². The molecular formula is C35H28Cl2N4O5S2. The van der Waals surface area contributed by atoms with E-state index in [9.17, 15) is 14.4 Å². The highest BCUT2D eigenvalue weighted by atomic mass is 35.5. The Morgan fingerprint density at radius 3 is 2.46 bits per heavy atom. The topological polar surface area (TPSA) is 119 Å². The molecule has 3 amide bonds. The summed E-state index contributed by atoms with van der Waals surface area (Å²) in [5.41, 5.74) is 2.70. The Morgan fingerprint density at radius 1 is 0.896 bits per heavy atom. The second-order valence-electron chi connectivity index (χ2n) is 9.97. The summed E-state index contributed by atoms with van der Waals surface area (Å²) in [6.07, 6.45) is 1.52. The number of thioether (sulfide) groups is 1. The van der Waals surface area contributed by atoms with Gasteiger partial charge in [-0.05, 0) is 72.8 Å². The van der Waals surface area contributed by atoms with Crippen molar-refractivity contribution in [2.45, 2.75) is 4.90 Å². The second-order valence-corrected chi connectivity index (χ2v) is 12.7. The molecule has 0 atom stereocenters. The number of ether oxygens (including phenoxy) is 2. The number of carbonyl (C=O) groups excluding carboxylic acids is 3. The third-order valence-electron chi connectivity index (χ3n) is 6.68. The largest absolute Gasteiger partial charge is 0.497 e. The average Bonchev–Trinajstić information content (AvgIpc) is 3.55. The van der Waals surface area contributed by atoms with Gasteiger partial charge in [-0.2, -0.15) is 0 Å². The van der Waals surface area contributed by atoms with Gasteiger partial charge in [-0.3, -0.25) is 14.4 Å². The number of nitrogens with zero attached hydrogens (tertiary/aromatic N) is 1. The minimum Gasteiger partial charge on any atom is -0.497 e. The minimum absolute atomic E-state index is 0.0180. The standard InChI is InChI=1S/C35H28Cl2N4O5S2/c1-45-25-12-14-31(46-2)22(15-25)16-29(39-33(43)21-7-4-3-5-8-21)34(44)38-24-9-6-10-26(18-24)47-20-32(42)41-35-40-30(19-48-35)27-13-11-23(36)17-28(27)37/h3-19H,20H2,1-2H3,(H,38,44)(H,39,43)(H,40,41,42)/b29-16+. The zero-order valence-corrected chi connectivity index (χ0v) is 28.7. The number of methoxy groups -OCH3 is 2. The zero-order valence-electron chi connectivity index (χ0n) is 25.6. The fraction of sp³-hybridized carbons (Fsp3) is 0.0857. The molecule has 0 unspecified atom stereocenters. The number of hydrogen-bond donors (Lipinski definition) is 3. The first-order chi connectivity index (χ1) is 23.2. The first kappa shape index (κ1) is 34.5. The lowest BCUT2D eigenvalue weighted by atomic mass is 10.1. The number of nitrogens with one attached hydrogen (secondary N) is 3. The summed E-state index contributed by atoms with van der Waals surface area (Å²) in [4.78, 5) is 44.6. The monoisotopic (exact) mass is 718 g/mol. The summed E-state index contributed by atoms with van der Waals surface area (Å²) in [6.45, 7) is 0. The van der Waals surface area contributed by atoms with Crippen molar-refractivity contribution in [1.82, 2.24) is 10.3 Å². The number of anilines is 2. The van der Waals surface area contributed by atoms with Gasteiger partial charge in [0.1, 0.15) is 17.2 Å². The van der Waals surface area contributed by atoms with Gasteiger partial charge < -0.3 is 25.4 Å². The first-order valence-corrected chi connectivity index (χ1v) is 16.9. The van der Waals surface area contributed by atoms with Crippen LogP contribution in [0.2, 0.25) is 10.0 Å². The van der Waals surface area contributed by atoms with Crippen LogP contribution in [-0.4, -0.2) is 42.7 Å². The molecule has 0 aliphatic heterocycles. The molecule has 9 nitrogen and oxygen atoms in total. The van der Waals surface area contributed by atoms with E-state index in [-0.39, 0.29) is 17.4 Å². The molecule has 0 bridgehead atoms. The lowest BCUT2D eigenvalue weighted by Gasteiger charge is -2.13. The van der Waals surface area contributed by atoms with Gasteiger partial charge in [-0.1, -0.05) is 47.5 Å². The van der Waals surface area contributed by atoms with Crippen LogP contribution in [0.15, 0.2) is 107 Å². The van der Waals surface area contributed by atoms with Crippen molar-refractivity contribution >= 4 is 80.9 Å². The van der Waals surface area contributed by atoms with Crippen molar-refractivity contribution in [2.24, 2.45) is 0 Å². The van der Waals surface area contributed by atoms with E-state index >= 15 is 0 Å². The third kappa shape index (κ3) is 9.17. The summed E-state index contributed by atoms with van der Waals surface area (Å²) in [7, 11) is 3.04. The van der Waals surface area contributed by atoms with Crippen molar-refractivity contribution < 1.29 is 23.9 Å². The molecule has 13 heteroatoms. The van der Waals surface area contributed by atoms with Gasteiger partial charge >= 0.3 is 0 Å². The van der Waals surface area contributed by atoms with Crippen LogP contribution in [0.25, 0.3) is 17.3 Å². The lowest BCUT2D eigenvalue weighted by molar-refractivity contribution is -0.114. The highest BCUT2D eigenvalue weighted by Crippen LogP contribution is 2.33. The van der Waals surface area contributed by atoms with Gasteiger partial charge in [0, 0.05) is 37.7 Å². The van der Waals surface area contributed by atoms with Crippen molar-refractivity contribution in [2.75, 3.05) is 30.6 Å². The molecule has 0 radical (unpaired) electrons. The first-order valence-electron chi connectivity index (χ1n) is 14.3. The average molecular weight is 720 g/mol. The minimum atomic E-state index is -0.565. The SMILES string of the molecule is COc1ccc(OC)c(/C=C(/NC(=O)c2ccccc2)C(=O)Nc2cccc(SCC(=O)Nc3nc(-c4ccc(Cl)cc4Cl)cs3)c2)c1. The molecule has 0 aliphatic rings. The number of amides is 3. The fourth-order valence-corrected chi connectivity index (χ4v) is 6.36. The maximum atomic E-state index is 13.6. The van der Waals surface area contributed by atoms with Crippen molar-refractivity contribution in [3.05, 3.63) is 123 Å². The molecule has 0 aliphatic carbocycles. The number of carbonyl (C=O) groups is 3. The Balaban J connectivity index is 1.27. The van der Waals surface area contributed by atoms with Crippen LogP contribution in [0.3, 0.4) is 0 Å². The lowest BCUT2D eigenvalue weighted by Crippen LogP contribution is -2.30. The van der Waals surface area contributed by atoms with Gasteiger partial charge in [-0.25, -0.2) is 4.98 Å². The smallest absolute Gasteiger partial charge is 0.272 e. The van der Waals surface area contributed by atoms with E-state index < -0.39 is 11.8 Å².